The number of carbonyl (C=O) groups excluding carboxylic acids is 2. The maximum absolute atomic E-state index is 12.6. The topological polar surface area (TPSA) is 90.5 Å². The van der Waals surface area contributed by atoms with Crippen LogP contribution in [0.25, 0.3) is 0 Å². The second-order valence-electron chi connectivity index (χ2n) is 7.23. The minimum Gasteiger partial charge on any atom is -0.359 e. The third-order valence-electron chi connectivity index (χ3n) is 5.37. The first kappa shape index (κ1) is 18.8. The molecule has 1 atom stereocenters. The Balaban J connectivity index is 1.44. The molecule has 2 amide bonds. The molecule has 2 aliphatic rings. The van der Waals surface area contributed by atoms with E-state index >= 15 is 0 Å². The number of hydrogen-bond acceptors (Lipinski definition) is 7. The van der Waals surface area contributed by atoms with Crippen molar-refractivity contribution in [3.8, 4) is 0 Å². The molecule has 0 saturated carbocycles. The van der Waals surface area contributed by atoms with Gasteiger partial charge in [-0.2, -0.15) is 0 Å². The molecule has 1 unspecified atom stereocenters. The molecule has 2 N–H and O–H groups in total. The van der Waals surface area contributed by atoms with Crippen molar-refractivity contribution < 1.29 is 9.59 Å². The Kier molecular flexibility index (Phi) is 5.54. The SMILES string of the molecule is CN1CCCC1CCNC(=O)c1cnc2c(c1)N(Cc1cscn1)C(=O)CN2. The molecule has 9 heteroatoms. The maximum Gasteiger partial charge on any atom is 0.252 e. The fraction of sp³-hybridized carbons (Fsp3) is 0.474. The van der Waals surface area contributed by atoms with Crippen LogP contribution < -0.4 is 15.5 Å². The lowest BCUT2D eigenvalue weighted by Crippen LogP contribution is -2.40. The second kappa shape index (κ2) is 8.24. The van der Waals surface area contributed by atoms with Gasteiger partial charge in [-0.05, 0) is 38.9 Å². The average molecular weight is 401 g/mol. The molecule has 28 heavy (non-hydrogen) atoms. The first-order chi connectivity index (χ1) is 13.6. The predicted molar refractivity (Wildman–Crippen MR) is 109 cm³/mol. The Morgan fingerprint density at radius 3 is 3.07 bits per heavy atom. The van der Waals surface area contributed by atoms with Gasteiger partial charge in [-0.1, -0.05) is 0 Å². The number of fused-ring (bicyclic) bond motifs is 1. The molecule has 0 bridgehead atoms. The largest absolute Gasteiger partial charge is 0.359 e. The van der Waals surface area contributed by atoms with E-state index in [-0.39, 0.29) is 18.4 Å². The van der Waals surface area contributed by atoms with Crippen molar-refractivity contribution in [2.24, 2.45) is 0 Å². The number of pyridine rings is 1. The molecule has 2 aliphatic heterocycles. The van der Waals surface area contributed by atoms with E-state index < -0.39 is 0 Å². The minimum absolute atomic E-state index is 0.0656. The Morgan fingerprint density at radius 1 is 1.43 bits per heavy atom. The Morgan fingerprint density at radius 2 is 2.32 bits per heavy atom. The number of rotatable bonds is 6. The van der Waals surface area contributed by atoms with Gasteiger partial charge in [0.1, 0.15) is 0 Å². The molecule has 1 fully saturated rings. The van der Waals surface area contributed by atoms with E-state index in [9.17, 15) is 9.59 Å². The van der Waals surface area contributed by atoms with E-state index in [1.54, 1.807) is 22.7 Å². The number of carbonyl (C=O) groups is 2. The van der Waals surface area contributed by atoms with Crippen molar-refractivity contribution in [2.45, 2.75) is 31.8 Å². The molecule has 4 rings (SSSR count). The van der Waals surface area contributed by atoms with E-state index in [1.807, 2.05) is 5.38 Å². The Hall–Kier alpha value is -2.52. The average Bonchev–Trinajstić information content (AvgIpc) is 3.35. The van der Waals surface area contributed by atoms with Gasteiger partial charge < -0.3 is 20.4 Å². The van der Waals surface area contributed by atoms with Crippen molar-refractivity contribution in [1.29, 1.82) is 0 Å². The zero-order chi connectivity index (χ0) is 19.5. The number of anilines is 2. The van der Waals surface area contributed by atoms with Gasteiger partial charge in [-0.25, -0.2) is 9.97 Å². The summed E-state index contributed by atoms with van der Waals surface area (Å²) in [5.74, 6) is 0.380. The van der Waals surface area contributed by atoms with Crippen molar-refractivity contribution in [3.05, 3.63) is 34.4 Å². The smallest absolute Gasteiger partial charge is 0.252 e. The van der Waals surface area contributed by atoms with E-state index in [0.29, 0.717) is 36.2 Å². The molecule has 0 aromatic carbocycles. The predicted octanol–water partition coefficient (Wildman–Crippen LogP) is 1.71. The molecule has 2 aromatic heterocycles. The van der Waals surface area contributed by atoms with Gasteiger partial charge in [0.2, 0.25) is 5.91 Å². The van der Waals surface area contributed by atoms with Crippen molar-refractivity contribution in [3.63, 3.8) is 0 Å². The van der Waals surface area contributed by atoms with Crippen LogP contribution in [0.15, 0.2) is 23.2 Å². The number of thiazole rings is 1. The van der Waals surface area contributed by atoms with Crippen LogP contribution >= 0.6 is 11.3 Å². The highest BCUT2D eigenvalue weighted by atomic mass is 32.1. The number of likely N-dealkylation sites (tertiary alicyclic amines) is 1. The van der Waals surface area contributed by atoms with Crippen LogP contribution in [0.3, 0.4) is 0 Å². The highest BCUT2D eigenvalue weighted by Gasteiger charge is 2.27. The number of nitrogens with zero attached hydrogens (tertiary/aromatic N) is 4. The van der Waals surface area contributed by atoms with E-state index in [0.717, 1.165) is 18.7 Å². The zero-order valence-electron chi connectivity index (χ0n) is 15.9. The van der Waals surface area contributed by atoms with E-state index in [2.05, 4.69) is 32.5 Å². The summed E-state index contributed by atoms with van der Waals surface area (Å²) in [5, 5.41) is 7.92. The lowest BCUT2D eigenvalue weighted by Gasteiger charge is -2.29. The molecule has 2 aromatic rings. The van der Waals surface area contributed by atoms with Crippen LogP contribution in [0.5, 0.6) is 0 Å². The van der Waals surface area contributed by atoms with Crippen LogP contribution in [0.1, 0.15) is 35.3 Å². The van der Waals surface area contributed by atoms with Crippen LogP contribution in [-0.2, 0) is 11.3 Å². The standard InChI is InChI=1S/C19H24N6O2S/c1-24-6-2-3-15(24)4-5-20-19(27)13-7-16-18(21-8-13)22-9-17(26)25(16)10-14-11-28-12-23-14/h7-8,11-12,15H,2-6,9-10H2,1H3,(H,20,27)(H,21,22). The maximum atomic E-state index is 12.6. The first-order valence-electron chi connectivity index (χ1n) is 9.51. The van der Waals surface area contributed by atoms with Gasteiger partial charge in [0.05, 0.1) is 35.5 Å². The van der Waals surface area contributed by atoms with Crippen LogP contribution in [0.4, 0.5) is 11.5 Å². The lowest BCUT2D eigenvalue weighted by molar-refractivity contribution is -0.117. The third kappa shape index (κ3) is 4.00. The number of amides is 2. The summed E-state index contributed by atoms with van der Waals surface area (Å²) in [6.07, 6.45) is 4.90. The molecule has 1 saturated heterocycles. The molecule has 4 heterocycles. The summed E-state index contributed by atoms with van der Waals surface area (Å²) in [6.45, 7) is 2.32. The molecule has 0 aliphatic carbocycles. The lowest BCUT2D eigenvalue weighted by atomic mass is 10.1. The molecular weight excluding hydrogens is 376 g/mol. The summed E-state index contributed by atoms with van der Waals surface area (Å²) < 4.78 is 0. The minimum atomic E-state index is -0.164. The fourth-order valence-corrected chi connectivity index (χ4v) is 4.31. The van der Waals surface area contributed by atoms with Crippen molar-refractivity contribution in [2.75, 3.05) is 36.9 Å². The second-order valence-corrected chi connectivity index (χ2v) is 7.94. The fourth-order valence-electron chi connectivity index (χ4n) is 3.76. The quantitative estimate of drug-likeness (QED) is 0.767. The number of nitrogens with one attached hydrogen (secondary N) is 2. The van der Waals surface area contributed by atoms with Gasteiger partial charge in [-0.15, -0.1) is 11.3 Å². The summed E-state index contributed by atoms with van der Waals surface area (Å²) in [4.78, 5) is 37.6. The van der Waals surface area contributed by atoms with Gasteiger partial charge in [0, 0.05) is 24.2 Å². The highest BCUT2D eigenvalue weighted by molar-refractivity contribution is 7.07. The Bertz CT molecular complexity index is 856. The number of hydrogen-bond donors (Lipinski definition) is 2. The van der Waals surface area contributed by atoms with Gasteiger partial charge >= 0.3 is 0 Å². The summed E-state index contributed by atoms with van der Waals surface area (Å²) in [6, 6.07) is 2.27. The first-order valence-corrected chi connectivity index (χ1v) is 10.5. The summed E-state index contributed by atoms with van der Waals surface area (Å²) in [5.41, 5.74) is 3.64. The normalized spacial score (nSPS) is 19.4. The highest BCUT2D eigenvalue weighted by Crippen LogP contribution is 2.29. The molecule has 0 spiro atoms. The van der Waals surface area contributed by atoms with E-state index in [4.69, 9.17) is 0 Å². The van der Waals surface area contributed by atoms with Crippen molar-refractivity contribution >= 4 is 34.7 Å². The van der Waals surface area contributed by atoms with Crippen LogP contribution in [0, 0.1) is 0 Å². The third-order valence-corrected chi connectivity index (χ3v) is 6.00. The summed E-state index contributed by atoms with van der Waals surface area (Å²) in [7, 11) is 2.13. The molecular formula is C19H24N6O2S. The monoisotopic (exact) mass is 400 g/mol. The van der Waals surface area contributed by atoms with Crippen LogP contribution in [0.2, 0.25) is 0 Å². The molecule has 0 radical (unpaired) electrons. The zero-order valence-corrected chi connectivity index (χ0v) is 16.7. The Labute approximate surface area is 168 Å². The van der Waals surface area contributed by atoms with Gasteiger partial charge in [0.15, 0.2) is 5.82 Å². The molecule has 8 nitrogen and oxygen atoms in total. The van der Waals surface area contributed by atoms with Gasteiger partial charge in [0.25, 0.3) is 5.91 Å². The summed E-state index contributed by atoms with van der Waals surface area (Å²) >= 11 is 1.49. The molecule has 148 valence electrons. The number of aromatic nitrogens is 2. The van der Waals surface area contributed by atoms with E-state index in [1.165, 1.54) is 24.2 Å². The van der Waals surface area contributed by atoms with Crippen molar-refractivity contribution in [1.82, 2.24) is 20.2 Å². The van der Waals surface area contributed by atoms with Crippen LogP contribution in [-0.4, -0.2) is 59.4 Å². The van der Waals surface area contributed by atoms with Gasteiger partial charge in [-0.3, -0.25) is 9.59 Å².